The largest absolute Gasteiger partial charge is 0.325 e. The van der Waals surface area contributed by atoms with Crippen LogP contribution in [0.15, 0.2) is 29.4 Å². The van der Waals surface area contributed by atoms with Gasteiger partial charge in [0.25, 0.3) is 0 Å². The summed E-state index contributed by atoms with van der Waals surface area (Å²) < 4.78 is 2.25. The van der Waals surface area contributed by atoms with E-state index in [-0.39, 0.29) is 11.2 Å². The number of nitrogens with zero attached hydrogens (tertiary/aromatic N) is 2. The van der Waals surface area contributed by atoms with Crippen molar-refractivity contribution in [1.29, 1.82) is 0 Å². The highest BCUT2D eigenvalue weighted by atomic mass is 32.2. The van der Waals surface area contributed by atoms with Crippen molar-refractivity contribution < 1.29 is 4.79 Å². The summed E-state index contributed by atoms with van der Waals surface area (Å²) in [7, 11) is 0. The van der Waals surface area contributed by atoms with E-state index in [1.807, 2.05) is 32.0 Å². The van der Waals surface area contributed by atoms with E-state index in [1.54, 1.807) is 0 Å². The normalized spacial score (nSPS) is 12.4. The van der Waals surface area contributed by atoms with Gasteiger partial charge >= 0.3 is 0 Å². The summed E-state index contributed by atoms with van der Waals surface area (Å²) in [6.07, 6.45) is 2.26. The highest BCUT2D eigenvalue weighted by Crippen LogP contribution is 2.28. The van der Waals surface area contributed by atoms with Crippen molar-refractivity contribution in [3.63, 3.8) is 0 Å². The van der Waals surface area contributed by atoms with Gasteiger partial charge in [0.15, 0.2) is 5.16 Å². The smallest absolute Gasteiger partial charge is 0.237 e. The zero-order chi connectivity index (χ0) is 19.3. The molecule has 1 N–H and O–H groups in total. The molecular formula is C21H31N3OS. The first-order valence-corrected chi connectivity index (χ1v) is 10.3. The molecule has 2 rings (SSSR count). The van der Waals surface area contributed by atoms with Crippen molar-refractivity contribution in [2.75, 3.05) is 5.32 Å². The molecule has 1 heterocycles. The Hall–Kier alpha value is -1.75. The van der Waals surface area contributed by atoms with E-state index < -0.39 is 0 Å². The van der Waals surface area contributed by atoms with Gasteiger partial charge in [-0.05, 0) is 44.7 Å². The monoisotopic (exact) mass is 373 g/mol. The van der Waals surface area contributed by atoms with Crippen LogP contribution in [-0.4, -0.2) is 20.7 Å². The third-order valence-electron chi connectivity index (χ3n) is 4.65. The van der Waals surface area contributed by atoms with Crippen LogP contribution in [0, 0.1) is 13.8 Å². The summed E-state index contributed by atoms with van der Waals surface area (Å²) in [6.45, 7) is 13.5. The number of unbranched alkanes of at least 4 members (excludes halogenated alkanes) is 1. The lowest BCUT2D eigenvalue weighted by Crippen LogP contribution is -2.23. The first-order chi connectivity index (χ1) is 12.3. The van der Waals surface area contributed by atoms with Gasteiger partial charge in [0, 0.05) is 17.9 Å². The number of carbonyl (C=O) groups excluding carboxylic acids is 1. The Bertz CT molecular complexity index is 752. The van der Waals surface area contributed by atoms with Gasteiger partial charge in [0.2, 0.25) is 5.91 Å². The summed E-state index contributed by atoms with van der Waals surface area (Å²) in [4.78, 5) is 17.4. The highest BCUT2D eigenvalue weighted by molar-refractivity contribution is 8.00. The van der Waals surface area contributed by atoms with Gasteiger partial charge < -0.3 is 9.88 Å². The molecule has 0 bridgehead atoms. The van der Waals surface area contributed by atoms with E-state index in [1.165, 1.54) is 17.5 Å². The molecule has 2 aromatic rings. The molecule has 1 aromatic carbocycles. The van der Waals surface area contributed by atoms with Crippen molar-refractivity contribution in [1.82, 2.24) is 9.55 Å². The molecule has 5 heteroatoms. The van der Waals surface area contributed by atoms with E-state index in [2.05, 4.69) is 48.6 Å². The maximum atomic E-state index is 12.7. The summed E-state index contributed by atoms with van der Waals surface area (Å²) in [6, 6.07) is 8.02. The topological polar surface area (TPSA) is 46.9 Å². The molecule has 0 saturated heterocycles. The second-order valence-corrected chi connectivity index (χ2v) is 8.37. The van der Waals surface area contributed by atoms with Crippen LogP contribution in [0.5, 0.6) is 0 Å². The second-order valence-electron chi connectivity index (χ2n) is 7.06. The van der Waals surface area contributed by atoms with Gasteiger partial charge in [0.05, 0.1) is 10.9 Å². The number of rotatable bonds is 8. The van der Waals surface area contributed by atoms with Gasteiger partial charge in [-0.3, -0.25) is 4.79 Å². The number of thioether (sulfide) groups is 1. The predicted octanol–water partition coefficient (Wildman–Crippen LogP) is 5.54. The van der Waals surface area contributed by atoms with Gasteiger partial charge in [-0.15, -0.1) is 0 Å². The minimum absolute atomic E-state index is 0.0171. The number of benzene rings is 1. The van der Waals surface area contributed by atoms with E-state index in [0.29, 0.717) is 5.92 Å². The molecule has 0 aliphatic rings. The number of aromatic nitrogens is 2. The van der Waals surface area contributed by atoms with Gasteiger partial charge in [0.1, 0.15) is 0 Å². The summed E-state index contributed by atoms with van der Waals surface area (Å²) >= 11 is 1.54. The van der Waals surface area contributed by atoms with Crippen molar-refractivity contribution in [3.8, 4) is 0 Å². The third kappa shape index (κ3) is 4.91. The number of nitrogens with one attached hydrogen (secondary N) is 1. The highest BCUT2D eigenvalue weighted by Gasteiger charge is 2.20. The van der Waals surface area contributed by atoms with Crippen molar-refractivity contribution in [3.05, 3.63) is 41.2 Å². The van der Waals surface area contributed by atoms with Crippen LogP contribution in [0.3, 0.4) is 0 Å². The number of carbonyl (C=O) groups is 1. The van der Waals surface area contributed by atoms with E-state index in [0.717, 1.165) is 41.5 Å². The zero-order valence-corrected chi connectivity index (χ0v) is 17.6. The SMILES string of the molecule is CCCCn1c(SC(C)C(=O)Nc2ccccc2C(C)C)nc(C)c1C. The van der Waals surface area contributed by atoms with Crippen LogP contribution in [0.25, 0.3) is 0 Å². The first-order valence-electron chi connectivity index (χ1n) is 9.45. The molecule has 0 saturated carbocycles. The van der Waals surface area contributed by atoms with Crippen LogP contribution in [0.1, 0.15) is 63.4 Å². The Morgan fingerprint density at radius 2 is 1.92 bits per heavy atom. The third-order valence-corrected chi connectivity index (χ3v) is 5.74. The standard InChI is InChI=1S/C21H31N3OS/c1-7-8-13-24-16(5)15(4)22-21(24)26-17(6)20(25)23-19-12-10-9-11-18(19)14(2)3/h9-12,14,17H,7-8,13H2,1-6H3,(H,23,25). The van der Waals surface area contributed by atoms with Gasteiger partial charge in [-0.25, -0.2) is 4.98 Å². The Morgan fingerprint density at radius 3 is 2.58 bits per heavy atom. The van der Waals surface area contributed by atoms with Crippen LogP contribution in [0.2, 0.25) is 0 Å². The fourth-order valence-corrected chi connectivity index (χ4v) is 3.88. The minimum atomic E-state index is -0.211. The molecule has 142 valence electrons. The fraction of sp³-hybridized carbons (Fsp3) is 0.524. The molecule has 0 radical (unpaired) electrons. The maximum absolute atomic E-state index is 12.7. The van der Waals surface area contributed by atoms with E-state index in [9.17, 15) is 4.79 Å². The van der Waals surface area contributed by atoms with E-state index in [4.69, 9.17) is 0 Å². The summed E-state index contributed by atoms with van der Waals surface area (Å²) in [5, 5.41) is 3.83. The molecule has 1 atom stereocenters. The quantitative estimate of drug-likeness (QED) is 0.618. The lowest BCUT2D eigenvalue weighted by atomic mass is 10.0. The maximum Gasteiger partial charge on any atom is 0.237 e. The van der Waals surface area contributed by atoms with Crippen LogP contribution >= 0.6 is 11.8 Å². The fourth-order valence-electron chi connectivity index (χ4n) is 2.85. The second kappa shape index (κ2) is 9.26. The molecule has 26 heavy (non-hydrogen) atoms. The number of hydrogen-bond acceptors (Lipinski definition) is 3. The van der Waals surface area contributed by atoms with Crippen molar-refractivity contribution >= 4 is 23.4 Å². The Labute approximate surface area is 161 Å². The molecule has 4 nitrogen and oxygen atoms in total. The van der Waals surface area contributed by atoms with Crippen molar-refractivity contribution in [2.45, 2.75) is 77.3 Å². The Balaban J connectivity index is 2.12. The number of anilines is 1. The number of para-hydroxylation sites is 1. The molecule has 0 aliphatic heterocycles. The zero-order valence-electron chi connectivity index (χ0n) is 16.8. The predicted molar refractivity (Wildman–Crippen MR) is 111 cm³/mol. The van der Waals surface area contributed by atoms with Gasteiger partial charge in [-0.1, -0.05) is 57.2 Å². The average Bonchev–Trinajstić information content (AvgIpc) is 2.86. The van der Waals surface area contributed by atoms with Crippen LogP contribution < -0.4 is 5.32 Å². The number of aryl methyl sites for hydroxylation is 1. The molecule has 0 spiro atoms. The number of imidazole rings is 1. The molecule has 1 aromatic heterocycles. The number of hydrogen-bond donors (Lipinski definition) is 1. The summed E-state index contributed by atoms with van der Waals surface area (Å²) in [5.41, 5.74) is 4.30. The molecule has 1 amide bonds. The minimum Gasteiger partial charge on any atom is -0.325 e. The molecular weight excluding hydrogens is 342 g/mol. The molecule has 0 aliphatic carbocycles. The first kappa shape index (κ1) is 20.6. The molecule has 0 fully saturated rings. The Kier molecular flexibility index (Phi) is 7.33. The average molecular weight is 374 g/mol. The number of amides is 1. The van der Waals surface area contributed by atoms with Gasteiger partial charge in [-0.2, -0.15) is 0 Å². The molecule has 1 unspecified atom stereocenters. The Morgan fingerprint density at radius 1 is 1.23 bits per heavy atom. The van der Waals surface area contributed by atoms with Crippen LogP contribution in [-0.2, 0) is 11.3 Å². The summed E-state index contributed by atoms with van der Waals surface area (Å²) in [5.74, 6) is 0.385. The lowest BCUT2D eigenvalue weighted by Gasteiger charge is -2.17. The lowest BCUT2D eigenvalue weighted by molar-refractivity contribution is -0.115. The van der Waals surface area contributed by atoms with E-state index >= 15 is 0 Å². The van der Waals surface area contributed by atoms with Crippen LogP contribution in [0.4, 0.5) is 5.69 Å². The van der Waals surface area contributed by atoms with Crippen molar-refractivity contribution in [2.24, 2.45) is 0 Å².